The maximum atomic E-state index is 12.2. The molecule has 168 valence electrons. The van der Waals surface area contributed by atoms with Crippen molar-refractivity contribution < 1.29 is 19.4 Å². The van der Waals surface area contributed by atoms with Gasteiger partial charge >= 0.3 is 0 Å². The van der Waals surface area contributed by atoms with E-state index in [0.29, 0.717) is 25.3 Å². The summed E-state index contributed by atoms with van der Waals surface area (Å²) in [7, 11) is 1.70. The molecule has 0 bridgehead atoms. The van der Waals surface area contributed by atoms with Gasteiger partial charge in [0, 0.05) is 38.3 Å². The van der Waals surface area contributed by atoms with Gasteiger partial charge in [-0.15, -0.1) is 0 Å². The summed E-state index contributed by atoms with van der Waals surface area (Å²) in [4.78, 5) is 13.3. The van der Waals surface area contributed by atoms with E-state index >= 15 is 0 Å². The SMILES string of the molecule is COCCCCC(O)(c1cccc(C)c1Oc1ccccc1C)C1CCCN(C=O)C1. The van der Waals surface area contributed by atoms with Crippen molar-refractivity contribution in [2.75, 3.05) is 26.8 Å². The Morgan fingerprint density at radius 2 is 1.90 bits per heavy atom. The van der Waals surface area contributed by atoms with Gasteiger partial charge < -0.3 is 19.5 Å². The number of benzene rings is 2. The minimum absolute atomic E-state index is 0.0463. The maximum Gasteiger partial charge on any atom is 0.209 e. The normalized spacial score (nSPS) is 18.5. The quantitative estimate of drug-likeness (QED) is 0.431. The molecule has 1 heterocycles. The predicted octanol–water partition coefficient (Wildman–Crippen LogP) is 4.97. The molecule has 5 heteroatoms. The Bertz CT molecular complexity index is 868. The van der Waals surface area contributed by atoms with Gasteiger partial charge in [-0.1, -0.05) is 36.4 Å². The molecule has 1 N–H and O–H groups in total. The summed E-state index contributed by atoms with van der Waals surface area (Å²) in [5.41, 5.74) is 1.76. The molecule has 2 atom stereocenters. The highest BCUT2D eigenvalue weighted by atomic mass is 16.5. The van der Waals surface area contributed by atoms with Gasteiger partial charge in [0.05, 0.1) is 5.60 Å². The number of aliphatic hydroxyl groups is 1. The minimum atomic E-state index is -1.08. The first kappa shape index (κ1) is 23.3. The van der Waals surface area contributed by atoms with Crippen molar-refractivity contribution in [3.63, 3.8) is 0 Å². The lowest BCUT2D eigenvalue weighted by Gasteiger charge is -2.42. The summed E-state index contributed by atoms with van der Waals surface area (Å²) in [6, 6.07) is 13.9. The van der Waals surface area contributed by atoms with Crippen LogP contribution in [0.1, 0.15) is 48.8 Å². The molecule has 0 radical (unpaired) electrons. The van der Waals surface area contributed by atoms with Gasteiger partial charge in [-0.25, -0.2) is 0 Å². The highest BCUT2D eigenvalue weighted by Gasteiger charge is 2.42. The third-order valence-electron chi connectivity index (χ3n) is 6.42. The van der Waals surface area contributed by atoms with Gasteiger partial charge in [0.2, 0.25) is 6.41 Å². The molecule has 3 rings (SSSR count). The van der Waals surface area contributed by atoms with Gasteiger partial charge in [-0.3, -0.25) is 4.79 Å². The summed E-state index contributed by atoms with van der Waals surface area (Å²) in [6.07, 6.45) is 4.98. The van der Waals surface area contributed by atoms with E-state index in [1.807, 2.05) is 56.3 Å². The molecule has 1 aliphatic heterocycles. The first-order chi connectivity index (χ1) is 15.0. The number of para-hydroxylation sites is 2. The van der Waals surface area contributed by atoms with E-state index < -0.39 is 5.60 Å². The van der Waals surface area contributed by atoms with Crippen molar-refractivity contribution in [3.8, 4) is 11.5 Å². The molecular formula is C26H35NO4. The summed E-state index contributed by atoms with van der Waals surface area (Å²) in [5.74, 6) is 1.46. The van der Waals surface area contributed by atoms with Crippen LogP contribution < -0.4 is 4.74 Å². The molecule has 2 aromatic rings. The third kappa shape index (κ3) is 5.46. The molecule has 1 fully saturated rings. The fourth-order valence-corrected chi connectivity index (χ4v) is 4.60. The van der Waals surface area contributed by atoms with Crippen LogP contribution in [0.15, 0.2) is 42.5 Å². The minimum Gasteiger partial charge on any atom is -0.456 e. The Hall–Kier alpha value is -2.37. The number of carbonyl (C=O) groups excluding carboxylic acids is 1. The molecule has 1 aliphatic rings. The van der Waals surface area contributed by atoms with E-state index in [4.69, 9.17) is 9.47 Å². The van der Waals surface area contributed by atoms with E-state index in [2.05, 4.69) is 0 Å². The van der Waals surface area contributed by atoms with Crippen LogP contribution >= 0.6 is 0 Å². The van der Waals surface area contributed by atoms with Gasteiger partial charge in [0.15, 0.2) is 0 Å². The summed E-state index contributed by atoms with van der Waals surface area (Å²) in [6.45, 7) is 6.01. The van der Waals surface area contributed by atoms with E-state index in [1.165, 1.54) is 0 Å². The lowest BCUT2D eigenvalue weighted by atomic mass is 9.73. The molecule has 0 aromatic heterocycles. The van der Waals surface area contributed by atoms with Gasteiger partial charge in [0.25, 0.3) is 0 Å². The van der Waals surface area contributed by atoms with Crippen molar-refractivity contribution in [1.82, 2.24) is 4.90 Å². The monoisotopic (exact) mass is 425 g/mol. The van der Waals surface area contributed by atoms with Crippen LogP contribution in [-0.4, -0.2) is 43.2 Å². The standard InChI is InChI=1S/C26H35NO4/c1-20-10-4-5-14-24(20)31-25-21(2)11-8-13-23(25)26(29,15-6-7-17-30-3)22-12-9-16-27(18-22)19-28/h4-5,8,10-11,13-14,19,22,29H,6-7,9,12,15-18H2,1-3H3. The molecule has 2 unspecified atom stereocenters. The third-order valence-corrected chi connectivity index (χ3v) is 6.42. The van der Waals surface area contributed by atoms with Crippen molar-refractivity contribution in [1.29, 1.82) is 0 Å². The molecule has 1 saturated heterocycles. The van der Waals surface area contributed by atoms with Gasteiger partial charge in [-0.2, -0.15) is 0 Å². The predicted molar refractivity (Wildman–Crippen MR) is 122 cm³/mol. The zero-order valence-electron chi connectivity index (χ0n) is 19.0. The number of methoxy groups -OCH3 is 1. The van der Waals surface area contributed by atoms with Crippen LogP contribution in [0, 0.1) is 19.8 Å². The van der Waals surface area contributed by atoms with Crippen LogP contribution in [0.3, 0.4) is 0 Å². The molecule has 2 aromatic carbocycles. The maximum absolute atomic E-state index is 12.2. The Kier molecular flexibility index (Phi) is 8.10. The van der Waals surface area contributed by atoms with E-state index in [1.54, 1.807) is 12.0 Å². The summed E-state index contributed by atoms with van der Waals surface area (Å²) >= 11 is 0. The van der Waals surface area contributed by atoms with E-state index in [-0.39, 0.29) is 5.92 Å². The molecule has 0 spiro atoms. The number of hydrogen-bond donors (Lipinski definition) is 1. The Morgan fingerprint density at radius 1 is 1.13 bits per heavy atom. The average molecular weight is 426 g/mol. The number of hydrogen-bond acceptors (Lipinski definition) is 4. The molecule has 31 heavy (non-hydrogen) atoms. The fraction of sp³-hybridized carbons (Fsp3) is 0.500. The zero-order valence-corrected chi connectivity index (χ0v) is 19.0. The Labute approximate surface area is 186 Å². The Balaban J connectivity index is 2.00. The number of nitrogens with zero attached hydrogens (tertiary/aromatic N) is 1. The van der Waals surface area contributed by atoms with Crippen molar-refractivity contribution in [2.24, 2.45) is 5.92 Å². The second-order valence-electron chi connectivity index (χ2n) is 8.63. The van der Waals surface area contributed by atoms with Crippen molar-refractivity contribution in [3.05, 3.63) is 59.2 Å². The molecule has 0 aliphatic carbocycles. The second-order valence-corrected chi connectivity index (χ2v) is 8.63. The van der Waals surface area contributed by atoms with Crippen LogP contribution in [0.25, 0.3) is 0 Å². The average Bonchev–Trinajstić information content (AvgIpc) is 2.79. The van der Waals surface area contributed by atoms with Gasteiger partial charge in [-0.05, 0) is 63.1 Å². The number of carbonyl (C=O) groups is 1. The zero-order chi connectivity index (χ0) is 22.3. The number of likely N-dealkylation sites (tertiary alicyclic amines) is 1. The Morgan fingerprint density at radius 3 is 2.65 bits per heavy atom. The smallest absolute Gasteiger partial charge is 0.209 e. The highest BCUT2D eigenvalue weighted by Crippen LogP contribution is 2.45. The molecular weight excluding hydrogens is 390 g/mol. The lowest BCUT2D eigenvalue weighted by molar-refractivity contribution is -0.123. The number of amides is 1. The number of aryl methyl sites for hydroxylation is 2. The number of ether oxygens (including phenoxy) is 2. The van der Waals surface area contributed by atoms with Crippen LogP contribution in [0.4, 0.5) is 0 Å². The number of unbranched alkanes of at least 4 members (excludes halogenated alkanes) is 1. The first-order valence-corrected chi connectivity index (χ1v) is 11.2. The van der Waals surface area contributed by atoms with Crippen LogP contribution in [-0.2, 0) is 15.1 Å². The second kappa shape index (κ2) is 10.8. The molecule has 5 nitrogen and oxygen atoms in total. The number of rotatable bonds is 10. The summed E-state index contributed by atoms with van der Waals surface area (Å²) in [5, 5.41) is 12.2. The molecule has 0 saturated carbocycles. The van der Waals surface area contributed by atoms with E-state index in [0.717, 1.165) is 61.1 Å². The van der Waals surface area contributed by atoms with Crippen molar-refractivity contribution >= 4 is 6.41 Å². The van der Waals surface area contributed by atoms with Crippen LogP contribution in [0.2, 0.25) is 0 Å². The largest absolute Gasteiger partial charge is 0.456 e. The lowest BCUT2D eigenvalue weighted by Crippen LogP contribution is -2.46. The van der Waals surface area contributed by atoms with Crippen molar-refractivity contribution in [2.45, 2.75) is 51.6 Å². The topological polar surface area (TPSA) is 59.0 Å². The number of piperidine rings is 1. The molecule has 1 amide bonds. The van der Waals surface area contributed by atoms with E-state index in [9.17, 15) is 9.90 Å². The highest BCUT2D eigenvalue weighted by molar-refractivity contribution is 5.49. The van der Waals surface area contributed by atoms with Gasteiger partial charge in [0.1, 0.15) is 11.5 Å². The summed E-state index contributed by atoms with van der Waals surface area (Å²) < 4.78 is 11.6. The van der Waals surface area contributed by atoms with Crippen LogP contribution in [0.5, 0.6) is 11.5 Å². The fourth-order valence-electron chi connectivity index (χ4n) is 4.60. The first-order valence-electron chi connectivity index (χ1n) is 11.2.